The van der Waals surface area contributed by atoms with Gasteiger partial charge in [-0.1, -0.05) is 18.2 Å². The van der Waals surface area contributed by atoms with Crippen molar-refractivity contribution in [3.8, 4) is 0 Å². The molecule has 1 fully saturated rings. The van der Waals surface area contributed by atoms with Gasteiger partial charge < -0.3 is 4.90 Å². The molecule has 1 aliphatic rings. The number of halogens is 4. The zero-order valence-electron chi connectivity index (χ0n) is 11.6. The van der Waals surface area contributed by atoms with Gasteiger partial charge in [-0.05, 0) is 45.0 Å². The first-order valence-corrected chi connectivity index (χ1v) is 7.20. The number of hydrogen-bond acceptors (Lipinski definition) is 1. The van der Waals surface area contributed by atoms with E-state index >= 15 is 0 Å². The largest absolute Gasteiger partial charge is 0.416 e. The average molecular weight is 306 g/mol. The van der Waals surface area contributed by atoms with Crippen molar-refractivity contribution in [2.75, 3.05) is 14.1 Å². The minimum Gasteiger partial charge on any atom is -0.306 e. The second-order valence-corrected chi connectivity index (χ2v) is 6.24. The van der Waals surface area contributed by atoms with Crippen LogP contribution in [0.15, 0.2) is 24.3 Å². The molecular weight excluding hydrogens is 287 g/mol. The molecule has 0 bridgehead atoms. The van der Waals surface area contributed by atoms with Crippen LogP contribution in [0.2, 0.25) is 0 Å². The van der Waals surface area contributed by atoms with Gasteiger partial charge in [-0.15, -0.1) is 11.6 Å². The third-order valence-corrected chi connectivity index (χ3v) is 4.63. The summed E-state index contributed by atoms with van der Waals surface area (Å²) in [5.41, 5.74) is 0.109. The predicted molar refractivity (Wildman–Crippen MR) is 75.2 cm³/mol. The molecule has 0 aliphatic heterocycles. The fraction of sp³-hybridized carbons (Fsp3) is 0.600. The van der Waals surface area contributed by atoms with Crippen LogP contribution in [0.1, 0.15) is 36.3 Å². The summed E-state index contributed by atoms with van der Waals surface area (Å²) in [4.78, 5) is 2.13. The van der Waals surface area contributed by atoms with Crippen LogP contribution >= 0.6 is 11.6 Å². The Morgan fingerprint density at radius 1 is 1.20 bits per heavy atom. The molecular formula is C15H19ClF3N. The molecule has 1 saturated carbocycles. The number of rotatable bonds is 2. The Balaban J connectivity index is 2.25. The number of nitrogens with zero attached hydrogens (tertiary/aromatic N) is 1. The molecule has 1 nitrogen and oxygen atoms in total. The van der Waals surface area contributed by atoms with Crippen molar-refractivity contribution in [2.24, 2.45) is 0 Å². The first-order chi connectivity index (χ1) is 9.29. The van der Waals surface area contributed by atoms with Gasteiger partial charge in [0.15, 0.2) is 0 Å². The molecule has 2 unspecified atom stereocenters. The van der Waals surface area contributed by atoms with Crippen molar-refractivity contribution < 1.29 is 13.2 Å². The SMILES string of the molecule is CN(C)[C@H]1CCC(Cl)C(c2cccc(C(F)(F)F)c2)C1. The molecule has 0 heterocycles. The van der Waals surface area contributed by atoms with Gasteiger partial charge in [0, 0.05) is 17.3 Å². The van der Waals surface area contributed by atoms with E-state index in [0.29, 0.717) is 11.6 Å². The van der Waals surface area contributed by atoms with E-state index in [-0.39, 0.29) is 11.3 Å². The van der Waals surface area contributed by atoms with Crippen molar-refractivity contribution in [3.63, 3.8) is 0 Å². The lowest BCUT2D eigenvalue weighted by Crippen LogP contribution is -2.36. The Labute approximate surface area is 122 Å². The van der Waals surface area contributed by atoms with Gasteiger partial charge in [0.2, 0.25) is 0 Å². The molecule has 0 amide bonds. The highest BCUT2D eigenvalue weighted by Gasteiger charge is 2.34. The van der Waals surface area contributed by atoms with Gasteiger partial charge in [-0.25, -0.2) is 0 Å². The van der Waals surface area contributed by atoms with Gasteiger partial charge in [0.1, 0.15) is 0 Å². The minimum atomic E-state index is -4.30. The van der Waals surface area contributed by atoms with E-state index in [1.807, 2.05) is 14.1 Å². The molecule has 0 radical (unpaired) electrons. The van der Waals surface area contributed by atoms with E-state index in [9.17, 15) is 13.2 Å². The standard InChI is InChI=1S/C15H19ClF3N/c1-20(2)12-6-7-14(16)13(9-12)10-4-3-5-11(8-10)15(17,18)19/h3-5,8,12-14H,6-7,9H2,1-2H3/t12-,13?,14?/m0/s1. The molecule has 2 rings (SSSR count). The highest BCUT2D eigenvalue weighted by molar-refractivity contribution is 6.21. The van der Waals surface area contributed by atoms with Crippen LogP contribution in [0.3, 0.4) is 0 Å². The van der Waals surface area contributed by atoms with Crippen molar-refractivity contribution in [2.45, 2.75) is 42.8 Å². The van der Waals surface area contributed by atoms with Gasteiger partial charge in [0.25, 0.3) is 0 Å². The lowest BCUT2D eigenvalue weighted by molar-refractivity contribution is -0.137. The molecule has 1 aromatic carbocycles. The lowest BCUT2D eigenvalue weighted by Gasteiger charge is -2.36. The van der Waals surface area contributed by atoms with E-state index in [1.54, 1.807) is 6.07 Å². The van der Waals surface area contributed by atoms with Crippen LogP contribution in [-0.4, -0.2) is 30.4 Å². The fourth-order valence-electron chi connectivity index (χ4n) is 2.87. The second kappa shape index (κ2) is 5.94. The topological polar surface area (TPSA) is 3.24 Å². The van der Waals surface area contributed by atoms with Crippen LogP contribution in [-0.2, 0) is 6.18 Å². The Morgan fingerprint density at radius 2 is 1.90 bits per heavy atom. The first kappa shape index (κ1) is 15.6. The third kappa shape index (κ3) is 3.47. The molecule has 1 aromatic rings. The Kier molecular flexibility index (Phi) is 4.65. The van der Waals surface area contributed by atoms with Crippen LogP contribution in [0.25, 0.3) is 0 Å². The summed E-state index contributed by atoms with van der Waals surface area (Å²) in [5, 5.41) is -0.0883. The maximum atomic E-state index is 12.8. The van der Waals surface area contributed by atoms with Gasteiger partial charge >= 0.3 is 6.18 Å². The van der Waals surface area contributed by atoms with Gasteiger partial charge in [-0.2, -0.15) is 13.2 Å². The summed E-state index contributed by atoms with van der Waals surface area (Å²) in [6.07, 6.45) is -1.65. The first-order valence-electron chi connectivity index (χ1n) is 6.76. The normalized spacial score (nSPS) is 27.9. The molecule has 112 valence electrons. The van der Waals surface area contributed by atoms with E-state index in [2.05, 4.69) is 4.90 Å². The minimum absolute atomic E-state index is 0.0138. The zero-order valence-corrected chi connectivity index (χ0v) is 12.4. The fourth-order valence-corrected chi connectivity index (χ4v) is 3.25. The van der Waals surface area contributed by atoms with Crippen molar-refractivity contribution in [1.82, 2.24) is 4.90 Å². The number of hydrogen-bond donors (Lipinski definition) is 0. The van der Waals surface area contributed by atoms with Crippen LogP contribution in [0.5, 0.6) is 0 Å². The summed E-state index contributed by atoms with van der Waals surface area (Å²) in [5.74, 6) is -0.0138. The molecule has 20 heavy (non-hydrogen) atoms. The zero-order chi connectivity index (χ0) is 14.9. The molecule has 0 N–H and O–H groups in total. The van der Waals surface area contributed by atoms with Crippen LogP contribution in [0, 0.1) is 0 Å². The van der Waals surface area contributed by atoms with E-state index in [0.717, 1.165) is 25.3 Å². The van der Waals surface area contributed by atoms with E-state index in [1.165, 1.54) is 12.1 Å². The molecule has 0 spiro atoms. The summed E-state index contributed by atoms with van der Waals surface area (Å²) in [7, 11) is 4.00. The number of benzene rings is 1. The van der Waals surface area contributed by atoms with E-state index < -0.39 is 11.7 Å². The Bertz CT molecular complexity index is 459. The van der Waals surface area contributed by atoms with Crippen molar-refractivity contribution >= 4 is 11.6 Å². The molecule has 5 heteroatoms. The van der Waals surface area contributed by atoms with Gasteiger partial charge in [0.05, 0.1) is 5.56 Å². The lowest BCUT2D eigenvalue weighted by atomic mass is 9.80. The highest BCUT2D eigenvalue weighted by atomic mass is 35.5. The Hall–Kier alpha value is -0.740. The van der Waals surface area contributed by atoms with Crippen molar-refractivity contribution in [1.29, 1.82) is 0 Å². The Morgan fingerprint density at radius 3 is 2.50 bits per heavy atom. The average Bonchev–Trinajstić information content (AvgIpc) is 2.38. The smallest absolute Gasteiger partial charge is 0.306 e. The summed E-state index contributed by atoms with van der Waals surface area (Å²) in [6.45, 7) is 0. The van der Waals surface area contributed by atoms with Crippen LogP contribution < -0.4 is 0 Å². The monoisotopic (exact) mass is 305 g/mol. The summed E-state index contributed by atoms with van der Waals surface area (Å²) < 4.78 is 38.4. The maximum Gasteiger partial charge on any atom is 0.416 e. The molecule has 0 aromatic heterocycles. The molecule has 1 aliphatic carbocycles. The highest BCUT2D eigenvalue weighted by Crippen LogP contribution is 2.39. The maximum absolute atomic E-state index is 12.8. The predicted octanol–water partition coefficient (Wildman–Crippen LogP) is 4.51. The van der Waals surface area contributed by atoms with Crippen molar-refractivity contribution in [3.05, 3.63) is 35.4 Å². The summed E-state index contributed by atoms with van der Waals surface area (Å²) in [6, 6.07) is 5.97. The van der Waals surface area contributed by atoms with Gasteiger partial charge in [-0.3, -0.25) is 0 Å². The summed E-state index contributed by atoms with van der Waals surface area (Å²) >= 11 is 6.35. The third-order valence-electron chi connectivity index (χ3n) is 4.11. The molecule has 0 saturated heterocycles. The van der Waals surface area contributed by atoms with E-state index in [4.69, 9.17) is 11.6 Å². The van der Waals surface area contributed by atoms with Crippen LogP contribution in [0.4, 0.5) is 13.2 Å². The number of alkyl halides is 4. The quantitative estimate of drug-likeness (QED) is 0.727. The second-order valence-electron chi connectivity index (χ2n) is 5.68. The molecule has 3 atom stereocenters.